The number of anilines is 2. The fraction of sp³-hybridized carbons (Fsp3) is 0. The second-order valence-corrected chi connectivity index (χ2v) is 9.38. The summed E-state index contributed by atoms with van der Waals surface area (Å²) in [6.07, 6.45) is 1.34. The van der Waals surface area contributed by atoms with Crippen molar-refractivity contribution in [2.45, 2.75) is 9.79 Å². The molecule has 0 saturated carbocycles. The molecule has 0 fully saturated rings. The van der Waals surface area contributed by atoms with Crippen molar-refractivity contribution in [1.82, 2.24) is 0 Å². The van der Waals surface area contributed by atoms with E-state index in [1.807, 2.05) is 0 Å². The Balaban J connectivity index is 1.76. The molecular formula is C17H12N2O6S2. The number of carbonyl (C=O) groups is 1. The van der Waals surface area contributed by atoms with E-state index in [1.54, 1.807) is 6.07 Å². The number of sulfonamides is 2. The van der Waals surface area contributed by atoms with Gasteiger partial charge in [0.25, 0.3) is 26.0 Å². The first kappa shape index (κ1) is 17.3. The second kappa shape index (κ2) is 5.96. The highest BCUT2D eigenvalue weighted by atomic mass is 32.3. The number of rotatable bonds is 3. The molecule has 0 saturated heterocycles. The first-order valence-corrected chi connectivity index (χ1v) is 10.5. The Morgan fingerprint density at radius 1 is 0.852 bits per heavy atom. The molecule has 2 aromatic carbocycles. The fourth-order valence-electron chi connectivity index (χ4n) is 2.76. The van der Waals surface area contributed by atoms with Gasteiger partial charge in [0, 0.05) is 5.69 Å². The minimum absolute atomic E-state index is 0.0641. The summed E-state index contributed by atoms with van der Waals surface area (Å²) in [6.45, 7) is 0. The van der Waals surface area contributed by atoms with Gasteiger partial charge in [-0.1, -0.05) is 18.2 Å². The van der Waals surface area contributed by atoms with E-state index in [0.717, 1.165) is 0 Å². The van der Waals surface area contributed by atoms with E-state index in [4.69, 9.17) is 4.42 Å². The number of carbonyl (C=O) groups excluding carboxylic acids is 1. The standard InChI is InChI=1S/C17H12N2O6S2/c20-17(14-7-4-10-25-14)18-12-5-3-6-13(11-12)19-26(21,22)15-8-1-2-9-16(15)27(19,23)24/h1-11H,(H,18,20). The van der Waals surface area contributed by atoms with Crippen LogP contribution in [0.25, 0.3) is 0 Å². The molecule has 3 aromatic rings. The van der Waals surface area contributed by atoms with Gasteiger partial charge in [-0.2, -0.15) is 20.5 Å². The number of furan rings is 1. The van der Waals surface area contributed by atoms with Crippen LogP contribution in [0.1, 0.15) is 10.6 Å². The zero-order chi connectivity index (χ0) is 19.2. The van der Waals surface area contributed by atoms with Gasteiger partial charge in [0.2, 0.25) is 0 Å². The molecule has 1 aromatic heterocycles. The van der Waals surface area contributed by atoms with Crippen LogP contribution in [0.4, 0.5) is 11.4 Å². The Morgan fingerprint density at radius 3 is 2.11 bits per heavy atom. The molecule has 1 amide bonds. The summed E-state index contributed by atoms with van der Waals surface area (Å²) in [4.78, 5) is 11.5. The van der Waals surface area contributed by atoms with Crippen LogP contribution in [-0.2, 0) is 20.0 Å². The molecule has 27 heavy (non-hydrogen) atoms. The van der Waals surface area contributed by atoms with Crippen molar-refractivity contribution >= 4 is 37.3 Å². The monoisotopic (exact) mass is 404 g/mol. The largest absolute Gasteiger partial charge is 0.459 e. The van der Waals surface area contributed by atoms with Crippen LogP contribution in [0.5, 0.6) is 0 Å². The van der Waals surface area contributed by atoms with Gasteiger partial charge in [0.05, 0.1) is 12.0 Å². The Hall–Kier alpha value is -3.11. The van der Waals surface area contributed by atoms with E-state index in [-0.39, 0.29) is 26.9 Å². The highest BCUT2D eigenvalue weighted by Crippen LogP contribution is 2.40. The van der Waals surface area contributed by atoms with Gasteiger partial charge >= 0.3 is 0 Å². The van der Waals surface area contributed by atoms with E-state index < -0.39 is 26.0 Å². The topological polar surface area (TPSA) is 114 Å². The van der Waals surface area contributed by atoms with E-state index >= 15 is 0 Å². The van der Waals surface area contributed by atoms with Crippen molar-refractivity contribution < 1.29 is 26.0 Å². The molecule has 1 aliphatic heterocycles. The predicted molar refractivity (Wildman–Crippen MR) is 96.4 cm³/mol. The first-order valence-electron chi connectivity index (χ1n) is 7.66. The molecule has 1 aliphatic rings. The molecule has 0 radical (unpaired) electrons. The summed E-state index contributed by atoms with van der Waals surface area (Å²) in [6, 6.07) is 14.0. The number of nitrogens with zero attached hydrogens (tertiary/aromatic N) is 1. The quantitative estimate of drug-likeness (QED) is 0.717. The molecule has 10 heteroatoms. The highest BCUT2D eigenvalue weighted by molar-refractivity contribution is 8.12. The molecular weight excluding hydrogens is 392 g/mol. The Kier molecular flexibility index (Phi) is 3.82. The lowest BCUT2D eigenvalue weighted by Crippen LogP contribution is -2.30. The first-order chi connectivity index (χ1) is 12.8. The van der Waals surface area contributed by atoms with Crippen molar-refractivity contribution in [1.29, 1.82) is 0 Å². The Morgan fingerprint density at radius 2 is 1.52 bits per heavy atom. The molecule has 0 aliphatic carbocycles. The lowest BCUT2D eigenvalue weighted by atomic mass is 10.3. The van der Waals surface area contributed by atoms with Crippen molar-refractivity contribution in [2.24, 2.45) is 0 Å². The zero-order valence-electron chi connectivity index (χ0n) is 13.6. The summed E-state index contributed by atoms with van der Waals surface area (Å²) in [5.74, 6) is -0.484. The molecule has 2 heterocycles. The van der Waals surface area contributed by atoms with Gasteiger partial charge in [0.15, 0.2) is 5.76 Å². The molecule has 4 rings (SSSR count). The summed E-state index contributed by atoms with van der Waals surface area (Å²) < 4.78 is 56.4. The van der Waals surface area contributed by atoms with E-state index in [1.165, 1.54) is 60.9 Å². The number of hydrogen-bond acceptors (Lipinski definition) is 6. The minimum atomic E-state index is -4.28. The van der Waals surface area contributed by atoms with Crippen molar-refractivity contribution in [3.63, 3.8) is 0 Å². The smallest absolute Gasteiger partial charge is 0.291 e. The fourth-order valence-corrected chi connectivity index (χ4v) is 7.19. The molecule has 0 bridgehead atoms. The SMILES string of the molecule is O=C(Nc1cccc(N2S(=O)(=O)c3ccccc3S2(=O)=O)c1)c1ccco1. The van der Waals surface area contributed by atoms with Gasteiger partial charge in [-0.25, -0.2) is 0 Å². The number of hydrogen-bond donors (Lipinski definition) is 1. The summed E-state index contributed by atoms with van der Waals surface area (Å²) in [7, 11) is -8.56. The third-order valence-electron chi connectivity index (χ3n) is 3.90. The summed E-state index contributed by atoms with van der Waals surface area (Å²) in [5.41, 5.74) is 0.110. The average Bonchev–Trinajstić information content (AvgIpc) is 3.21. The molecule has 0 atom stereocenters. The molecule has 0 spiro atoms. The number of fused-ring (bicyclic) bond motifs is 1. The van der Waals surface area contributed by atoms with Gasteiger partial charge in [0.1, 0.15) is 9.79 Å². The number of benzene rings is 2. The van der Waals surface area contributed by atoms with Crippen molar-refractivity contribution in [2.75, 3.05) is 9.03 Å². The lowest BCUT2D eigenvalue weighted by Gasteiger charge is -2.17. The maximum Gasteiger partial charge on any atom is 0.291 e. The Bertz CT molecular complexity index is 1200. The van der Waals surface area contributed by atoms with Gasteiger partial charge in [-0.15, -0.1) is 0 Å². The van der Waals surface area contributed by atoms with Crippen LogP contribution in [0, 0.1) is 0 Å². The van der Waals surface area contributed by atoms with Gasteiger partial charge in [-0.3, -0.25) is 4.79 Å². The lowest BCUT2D eigenvalue weighted by molar-refractivity contribution is 0.0996. The van der Waals surface area contributed by atoms with E-state index in [9.17, 15) is 21.6 Å². The van der Waals surface area contributed by atoms with Crippen molar-refractivity contribution in [3.05, 3.63) is 72.7 Å². The van der Waals surface area contributed by atoms with E-state index in [2.05, 4.69) is 5.32 Å². The third kappa shape index (κ3) is 2.69. The average molecular weight is 404 g/mol. The van der Waals surface area contributed by atoms with Crippen molar-refractivity contribution in [3.8, 4) is 0 Å². The second-order valence-electron chi connectivity index (χ2n) is 5.64. The van der Waals surface area contributed by atoms with Crippen LogP contribution < -0.4 is 9.03 Å². The maximum absolute atomic E-state index is 12.8. The maximum atomic E-state index is 12.8. The molecule has 138 valence electrons. The summed E-state index contributed by atoms with van der Waals surface area (Å²) in [5, 5.41) is 2.54. The van der Waals surface area contributed by atoms with Crippen LogP contribution in [-0.4, -0.2) is 22.7 Å². The number of amides is 1. The molecule has 8 nitrogen and oxygen atoms in total. The van der Waals surface area contributed by atoms with Crippen LogP contribution >= 0.6 is 0 Å². The minimum Gasteiger partial charge on any atom is -0.459 e. The van der Waals surface area contributed by atoms with E-state index in [0.29, 0.717) is 3.71 Å². The summed E-state index contributed by atoms with van der Waals surface area (Å²) >= 11 is 0. The Labute approximate surface area is 155 Å². The van der Waals surface area contributed by atoms with Gasteiger partial charge < -0.3 is 9.73 Å². The number of nitrogens with one attached hydrogen (secondary N) is 1. The molecule has 0 unspecified atom stereocenters. The highest BCUT2D eigenvalue weighted by Gasteiger charge is 2.47. The third-order valence-corrected chi connectivity index (χ3v) is 8.33. The van der Waals surface area contributed by atoms with Crippen LogP contribution in [0.2, 0.25) is 0 Å². The predicted octanol–water partition coefficient (Wildman–Crippen LogP) is 2.43. The van der Waals surface area contributed by atoms with Crippen LogP contribution in [0.15, 0.2) is 81.1 Å². The normalized spacial score (nSPS) is 16.7. The molecule has 1 N–H and O–H groups in total. The van der Waals surface area contributed by atoms with Crippen LogP contribution in [0.3, 0.4) is 0 Å². The van der Waals surface area contributed by atoms with Gasteiger partial charge in [-0.05, 0) is 42.5 Å². The zero-order valence-corrected chi connectivity index (χ0v) is 15.2.